The molecule has 1 aliphatic carbocycles. The van der Waals surface area contributed by atoms with Gasteiger partial charge in [0, 0.05) is 75.3 Å². The van der Waals surface area contributed by atoms with Crippen LogP contribution in [0, 0.1) is 25.0 Å². The van der Waals surface area contributed by atoms with Crippen molar-refractivity contribution in [2.24, 2.45) is 13.0 Å². The Morgan fingerprint density at radius 3 is 2.50 bits per heavy atom. The van der Waals surface area contributed by atoms with Crippen LogP contribution in [-0.4, -0.2) is 95.8 Å². The smallest absolute Gasteiger partial charge is 0.355 e. The Kier molecular flexibility index (Phi) is 13.8. The van der Waals surface area contributed by atoms with Gasteiger partial charge in [0.15, 0.2) is 10.8 Å². The van der Waals surface area contributed by atoms with Gasteiger partial charge in [-0.2, -0.15) is 5.10 Å². The molecule has 3 fully saturated rings. The van der Waals surface area contributed by atoms with E-state index in [2.05, 4.69) is 67.1 Å². The van der Waals surface area contributed by atoms with Gasteiger partial charge in [-0.3, -0.25) is 34.6 Å². The lowest BCUT2D eigenvalue weighted by Gasteiger charge is -2.44. The van der Waals surface area contributed by atoms with E-state index in [1.54, 1.807) is 0 Å². The van der Waals surface area contributed by atoms with Crippen LogP contribution in [0.5, 0.6) is 5.75 Å². The van der Waals surface area contributed by atoms with Gasteiger partial charge in [0.25, 0.3) is 5.91 Å². The van der Waals surface area contributed by atoms with E-state index < -0.39 is 11.9 Å². The van der Waals surface area contributed by atoms with E-state index in [9.17, 15) is 24.3 Å². The standard InChI is InChI=1S/C57H58IN9O6S/c1-34-38(39-21-23-48(60-51(39)55(71)72)66-28-26-36-9-6-11-40(43(36)33-66)53(69)62-56-59-44-13-4-5-16-47(44)74-56)10-8-15-46(34)73-37-19-17-35(18-20-37)25-27-57(2,58)67-31-29-65(30-32-67)45-14-7-12-41-50(63-64(3)52(41)45)42-22-24-49(68)61-54(42)70/h4-6,8-13,15-16,21,23,35,37,42H,17-20,22,24-33H2,1-3H3,(H,71,72)(H,59,62,69)(H,61,68,70)/t35?,37?,42?,57-/m0/s1. The third-order valence-electron chi connectivity index (χ3n) is 15.7. The SMILES string of the molecule is Cc1c(OC2CCC(CC[C@@](C)(I)N3CCN(c4c#ccc5c(C6CCC(=O)NC6=O)nn(C)c45)CC3)CC2)cccc1-c1ccc(N2CCc3cccc(C(=O)Nc4nc5ccccc5s4)c3C2)nc1C(=O)O. The van der Waals surface area contributed by atoms with Gasteiger partial charge in [-0.15, -0.1) is 0 Å². The fourth-order valence-electron chi connectivity index (χ4n) is 11.5. The average molecular weight is 1120 g/mol. The zero-order valence-electron chi connectivity index (χ0n) is 41.7. The molecule has 6 heterocycles. The van der Waals surface area contributed by atoms with Crippen molar-refractivity contribution in [1.29, 1.82) is 0 Å². The number of aryl methyl sites for hydroxylation is 1. The summed E-state index contributed by atoms with van der Waals surface area (Å²) >= 11 is 4.09. The molecule has 0 radical (unpaired) electrons. The molecule has 74 heavy (non-hydrogen) atoms. The number of anilines is 3. The summed E-state index contributed by atoms with van der Waals surface area (Å²) in [6.45, 7) is 8.91. The number of aromatic nitrogens is 4. The van der Waals surface area contributed by atoms with E-state index in [1.165, 1.54) is 11.3 Å². The number of carbonyl (C=O) groups excluding carboxylic acids is 3. The zero-order valence-corrected chi connectivity index (χ0v) is 44.7. The number of thiazole rings is 1. The van der Waals surface area contributed by atoms with Crippen LogP contribution in [0.1, 0.15) is 107 Å². The molecule has 3 aliphatic heterocycles. The maximum Gasteiger partial charge on any atom is 0.355 e. The second-order valence-corrected chi connectivity index (χ2v) is 23.7. The van der Waals surface area contributed by atoms with Crippen LogP contribution in [0.25, 0.3) is 32.2 Å². The van der Waals surface area contributed by atoms with Crippen molar-refractivity contribution in [3.05, 3.63) is 125 Å². The fraction of sp³-hybridized carbons (Fsp3) is 0.386. The van der Waals surface area contributed by atoms with Crippen molar-refractivity contribution in [2.45, 2.75) is 93.7 Å². The monoisotopic (exact) mass is 1120 g/mol. The Balaban J connectivity index is 0.689. The quantitative estimate of drug-likeness (QED) is 0.0432. The second kappa shape index (κ2) is 20.6. The number of pyridine rings is 1. The molecule has 11 rings (SSSR count). The normalized spacial score (nSPS) is 20.2. The van der Waals surface area contributed by atoms with Gasteiger partial charge in [-0.25, -0.2) is 14.8 Å². The highest BCUT2D eigenvalue weighted by atomic mass is 127. The summed E-state index contributed by atoms with van der Waals surface area (Å²) in [6.07, 6.45) is 7.87. The number of nitrogens with zero attached hydrogens (tertiary/aromatic N) is 7. The molecular formula is C57H58IN9O6S. The predicted molar refractivity (Wildman–Crippen MR) is 295 cm³/mol. The lowest BCUT2D eigenvalue weighted by atomic mass is 9.83. The number of alkyl halides is 1. The number of aromatic carboxylic acids is 1. The van der Waals surface area contributed by atoms with Crippen LogP contribution >= 0.6 is 33.9 Å². The molecule has 4 aromatic carbocycles. The Hall–Kier alpha value is -6.62. The van der Waals surface area contributed by atoms with Crippen LogP contribution in [0.3, 0.4) is 0 Å². The first-order valence-electron chi connectivity index (χ1n) is 25.6. The molecule has 3 aromatic heterocycles. The molecule has 0 spiro atoms. The maximum absolute atomic E-state index is 13.7. The average Bonchev–Trinajstić information content (AvgIpc) is 3.98. The van der Waals surface area contributed by atoms with Crippen molar-refractivity contribution >= 4 is 95.4 Å². The van der Waals surface area contributed by atoms with E-state index in [1.807, 2.05) is 102 Å². The number of halogens is 1. The van der Waals surface area contributed by atoms with Gasteiger partial charge >= 0.3 is 5.97 Å². The van der Waals surface area contributed by atoms with Crippen LogP contribution in [-0.2, 0) is 29.6 Å². The maximum atomic E-state index is 13.7. The first-order chi connectivity index (χ1) is 35.8. The summed E-state index contributed by atoms with van der Waals surface area (Å²) in [7, 11) is 1.91. The van der Waals surface area contributed by atoms with E-state index in [-0.39, 0.29) is 33.1 Å². The van der Waals surface area contributed by atoms with Gasteiger partial charge in [0.1, 0.15) is 22.8 Å². The lowest BCUT2D eigenvalue weighted by molar-refractivity contribution is -0.134. The molecule has 3 N–H and O–H groups in total. The third-order valence-corrected chi connectivity index (χ3v) is 17.9. The first-order valence-corrected chi connectivity index (χ1v) is 27.5. The summed E-state index contributed by atoms with van der Waals surface area (Å²) < 4.78 is 9.58. The Morgan fingerprint density at radius 1 is 0.919 bits per heavy atom. The van der Waals surface area contributed by atoms with Crippen LogP contribution in [0.4, 0.5) is 16.6 Å². The van der Waals surface area contributed by atoms with Crippen molar-refractivity contribution in [3.63, 3.8) is 0 Å². The van der Waals surface area contributed by atoms with Crippen LogP contribution in [0.15, 0.2) is 78.9 Å². The molecule has 17 heteroatoms. The minimum atomic E-state index is -1.11. The number of imide groups is 1. The number of para-hydroxylation sites is 1. The van der Waals surface area contributed by atoms with Crippen LogP contribution in [0.2, 0.25) is 0 Å². The molecule has 2 atom stereocenters. The number of piperidine rings is 1. The number of fused-ring (bicyclic) bond motifs is 3. The Morgan fingerprint density at radius 2 is 1.72 bits per heavy atom. The summed E-state index contributed by atoms with van der Waals surface area (Å²) in [4.78, 5) is 67.6. The largest absolute Gasteiger partial charge is 0.490 e. The number of carbonyl (C=O) groups is 4. The van der Waals surface area contributed by atoms with Gasteiger partial charge in [-0.1, -0.05) is 76.4 Å². The van der Waals surface area contributed by atoms with Gasteiger partial charge in [-0.05, 0) is 136 Å². The molecule has 1 saturated carbocycles. The molecular weight excluding hydrogens is 1070 g/mol. The topological polar surface area (TPSA) is 175 Å². The number of amides is 3. The first kappa shape index (κ1) is 49.6. The number of hydrogen-bond donors (Lipinski definition) is 3. The van der Waals surface area contributed by atoms with E-state index >= 15 is 0 Å². The van der Waals surface area contributed by atoms with Crippen molar-refractivity contribution in [2.75, 3.05) is 47.8 Å². The van der Waals surface area contributed by atoms with Gasteiger partial charge in [0.05, 0.1) is 31.5 Å². The molecule has 380 valence electrons. The number of nitrogens with one attached hydrogen (secondary N) is 2. The van der Waals surface area contributed by atoms with Gasteiger partial charge in [0.2, 0.25) is 11.8 Å². The molecule has 4 aliphatic rings. The van der Waals surface area contributed by atoms with Crippen molar-refractivity contribution in [1.82, 2.24) is 30.0 Å². The number of hydrogen-bond acceptors (Lipinski definition) is 12. The summed E-state index contributed by atoms with van der Waals surface area (Å²) in [5.74, 6) is -0.397. The Labute approximate surface area is 447 Å². The fourth-order valence-corrected chi connectivity index (χ4v) is 13.2. The third kappa shape index (κ3) is 9.91. The number of benzene rings is 3. The molecule has 2 saturated heterocycles. The number of carboxylic acid groups (broad SMARTS) is 1. The minimum Gasteiger partial charge on any atom is -0.490 e. The molecule has 7 aromatic rings. The molecule has 1 unspecified atom stereocenters. The minimum absolute atomic E-state index is 0.00357. The van der Waals surface area contributed by atoms with Crippen molar-refractivity contribution < 1.29 is 29.0 Å². The highest BCUT2D eigenvalue weighted by molar-refractivity contribution is 14.1. The predicted octanol–water partition coefficient (Wildman–Crippen LogP) is 9.88. The molecule has 15 nitrogen and oxygen atoms in total. The van der Waals surface area contributed by atoms with E-state index in [0.29, 0.717) is 66.0 Å². The van der Waals surface area contributed by atoms with E-state index in [0.717, 1.165) is 120 Å². The van der Waals surface area contributed by atoms with Gasteiger partial charge < -0.3 is 19.6 Å². The second-order valence-electron chi connectivity index (χ2n) is 20.3. The number of carboxylic acids is 1. The summed E-state index contributed by atoms with van der Waals surface area (Å²) in [5.41, 5.74) is 8.13. The summed E-state index contributed by atoms with van der Waals surface area (Å²) in [6, 6.07) is 31.6. The molecule has 0 bridgehead atoms. The van der Waals surface area contributed by atoms with E-state index in [4.69, 9.17) is 14.8 Å². The number of rotatable bonds is 13. The van der Waals surface area contributed by atoms with Crippen LogP contribution < -0.4 is 25.2 Å². The zero-order chi connectivity index (χ0) is 51.3. The highest BCUT2D eigenvalue weighted by Crippen LogP contribution is 2.40. The lowest BCUT2D eigenvalue weighted by Crippen LogP contribution is -2.53. The van der Waals surface area contributed by atoms with Crippen molar-refractivity contribution in [3.8, 4) is 16.9 Å². The summed E-state index contributed by atoms with van der Waals surface area (Å²) in [5, 5.41) is 22.3. The highest BCUT2D eigenvalue weighted by Gasteiger charge is 2.36. The molecule has 3 amide bonds. The number of piperazine rings is 1. The Bertz CT molecular complexity index is 3290. The number of ether oxygens (including phenoxy) is 1.